The largest absolute Gasteiger partial charge is 0.310 e. The van der Waals surface area contributed by atoms with Gasteiger partial charge in [0.05, 0.1) is 25.1 Å². The van der Waals surface area contributed by atoms with Crippen molar-refractivity contribution in [2.24, 2.45) is 0 Å². The summed E-state index contributed by atoms with van der Waals surface area (Å²) in [5.41, 5.74) is 2.06. The normalized spacial score (nSPS) is 14.6. The molecule has 0 aliphatic heterocycles. The fourth-order valence-corrected chi connectivity index (χ4v) is 6.08. The standard InChI is InChI=1S/C40H26Cl2N2/c41-29-15-19-33(20-16-29)43(31-7-3-1-4-8-31)37-25-13-27-12-24-36-38(26-14-28-11-23-35(37)39(27)40(28)36)44(32-9-5-2-6-10-32)34-21-17-30(42)18-22-34/h1-26H/i1D,2D,3D,4D,5D,6D,7D,8D,9D,10D. The molecule has 44 heavy (non-hydrogen) atoms. The van der Waals surface area contributed by atoms with Gasteiger partial charge in [-0.15, -0.1) is 0 Å². The van der Waals surface area contributed by atoms with Crippen LogP contribution in [-0.4, -0.2) is 0 Å². The second kappa shape index (κ2) is 10.9. The monoisotopic (exact) mass is 614 g/mol. The lowest BCUT2D eigenvalue weighted by atomic mass is 9.91. The second-order valence-electron chi connectivity index (χ2n) is 10.2. The van der Waals surface area contributed by atoms with Crippen LogP contribution in [0.15, 0.2) is 157 Å². The Labute approximate surface area is 280 Å². The maximum atomic E-state index is 8.93. The van der Waals surface area contributed by atoms with Crippen LogP contribution >= 0.6 is 23.2 Å². The predicted octanol–water partition coefficient (Wildman–Crippen LogP) is 12.8. The molecule has 8 rings (SSSR count). The van der Waals surface area contributed by atoms with E-state index in [-0.39, 0.29) is 35.5 Å². The van der Waals surface area contributed by atoms with Crippen LogP contribution in [0, 0.1) is 0 Å². The second-order valence-corrected chi connectivity index (χ2v) is 11.0. The van der Waals surface area contributed by atoms with Crippen LogP contribution in [0.4, 0.5) is 34.1 Å². The summed E-state index contributed by atoms with van der Waals surface area (Å²) >= 11 is 12.6. The number of anilines is 6. The number of hydrogen-bond acceptors (Lipinski definition) is 2. The molecule has 0 atom stereocenters. The lowest BCUT2D eigenvalue weighted by Gasteiger charge is -2.29. The predicted molar refractivity (Wildman–Crippen MR) is 190 cm³/mol. The summed E-state index contributed by atoms with van der Waals surface area (Å²) in [4.78, 5) is 3.30. The molecule has 0 spiro atoms. The van der Waals surface area contributed by atoms with Gasteiger partial charge in [0.25, 0.3) is 0 Å². The summed E-state index contributed by atoms with van der Waals surface area (Å²) in [7, 11) is 0. The molecule has 0 unspecified atom stereocenters. The summed E-state index contributed by atoms with van der Waals surface area (Å²) in [6.07, 6.45) is 0. The zero-order valence-corrected chi connectivity index (χ0v) is 24.4. The van der Waals surface area contributed by atoms with E-state index in [1.807, 2.05) is 48.5 Å². The van der Waals surface area contributed by atoms with Crippen LogP contribution in [0.2, 0.25) is 10.0 Å². The average molecular weight is 616 g/mol. The quantitative estimate of drug-likeness (QED) is 0.172. The van der Waals surface area contributed by atoms with E-state index in [1.54, 1.807) is 58.3 Å². The topological polar surface area (TPSA) is 6.48 Å². The molecule has 0 amide bonds. The minimum Gasteiger partial charge on any atom is -0.310 e. The minimum absolute atomic E-state index is 0.0332. The maximum Gasteiger partial charge on any atom is 0.0645 e. The number of hydrogen-bond donors (Lipinski definition) is 0. The van der Waals surface area contributed by atoms with Crippen LogP contribution in [0.1, 0.15) is 13.7 Å². The maximum absolute atomic E-state index is 8.93. The molecule has 4 heteroatoms. The SMILES string of the molecule is [2H]c1c([2H])c([2H])c(N(c2ccc(Cl)cc2)c2ccc3ccc4c(N(c5ccc(Cl)cc5)c5c([2H])c([2H])c([2H])c([2H])c5[2H])ccc5ccc2c3c54)c([2H])c1[2H]. The van der Waals surface area contributed by atoms with E-state index in [0.29, 0.717) is 43.6 Å². The van der Waals surface area contributed by atoms with E-state index in [0.717, 1.165) is 21.5 Å². The summed E-state index contributed by atoms with van der Waals surface area (Å²) in [6, 6.07) is 24.5. The van der Waals surface area contributed by atoms with Crippen molar-refractivity contribution in [2.75, 3.05) is 9.80 Å². The Kier molecular flexibility index (Phi) is 4.45. The molecule has 0 saturated carbocycles. The molecule has 8 aromatic carbocycles. The van der Waals surface area contributed by atoms with Crippen molar-refractivity contribution in [3.8, 4) is 0 Å². The summed E-state index contributed by atoms with van der Waals surface area (Å²) in [6.45, 7) is 0. The zero-order chi connectivity index (χ0) is 38.3. The van der Waals surface area contributed by atoms with Crippen molar-refractivity contribution in [1.82, 2.24) is 0 Å². The molecule has 0 saturated heterocycles. The molecule has 0 aliphatic rings. The molecule has 2 nitrogen and oxygen atoms in total. The fourth-order valence-electron chi connectivity index (χ4n) is 5.83. The van der Waals surface area contributed by atoms with Gasteiger partial charge >= 0.3 is 0 Å². The van der Waals surface area contributed by atoms with Crippen molar-refractivity contribution in [3.63, 3.8) is 0 Å². The Balaban J connectivity index is 1.46. The van der Waals surface area contributed by atoms with Gasteiger partial charge < -0.3 is 9.80 Å². The van der Waals surface area contributed by atoms with Crippen molar-refractivity contribution in [2.45, 2.75) is 0 Å². The summed E-state index contributed by atoms with van der Waals surface area (Å²) in [5.74, 6) is 0. The Morgan fingerprint density at radius 2 is 0.750 bits per heavy atom. The first-order chi connectivity index (χ1) is 25.8. The molecule has 8 aromatic rings. The number of nitrogens with zero attached hydrogens (tertiary/aromatic N) is 2. The summed E-state index contributed by atoms with van der Waals surface area (Å²) in [5, 5.41) is 5.71. The molecule has 0 radical (unpaired) electrons. The molecular formula is C40H26Cl2N2. The molecule has 0 heterocycles. The molecule has 0 aliphatic carbocycles. The summed E-state index contributed by atoms with van der Waals surface area (Å²) < 4.78 is 86.1. The highest BCUT2D eigenvalue weighted by molar-refractivity contribution is 6.31. The van der Waals surface area contributed by atoms with Crippen LogP contribution in [0.3, 0.4) is 0 Å². The van der Waals surface area contributed by atoms with Crippen molar-refractivity contribution < 1.29 is 13.7 Å². The molecule has 0 fully saturated rings. The van der Waals surface area contributed by atoms with E-state index in [2.05, 4.69) is 0 Å². The first-order valence-corrected chi connectivity index (χ1v) is 14.5. The molecular weight excluding hydrogens is 579 g/mol. The first-order valence-electron chi connectivity index (χ1n) is 18.8. The van der Waals surface area contributed by atoms with Crippen LogP contribution in [0.5, 0.6) is 0 Å². The van der Waals surface area contributed by atoms with Gasteiger partial charge in [0.15, 0.2) is 0 Å². The van der Waals surface area contributed by atoms with Gasteiger partial charge in [-0.3, -0.25) is 0 Å². The highest BCUT2D eigenvalue weighted by Crippen LogP contribution is 2.47. The molecule has 0 N–H and O–H groups in total. The Hall–Kier alpha value is -5.02. The van der Waals surface area contributed by atoms with Gasteiger partial charge in [-0.2, -0.15) is 0 Å². The molecule has 210 valence electrons. The third-order valence-electron chi connectivity index (χ3n) is 7.69. The fraction of sp³-hybridized carbons (Fsp3) is 0. The highest BCUT2D eigenvalue weighted by Gasteiger charge is 2.21. The Morgan fingerprint density at radius 1 is 0.386 bits per heavy atom. The van der Waals surface area contributed by atoms with Gasteiger partial charge in [-0.25, -0.2) is 0 Å². The van der Waals surface area contributed by atoms with Crippen molar-refractivity contribution in [1.29, 1.82) is 0 Å². The highest BCUT2D eigenvalue weighted by atomic mass is 35.5. The van der Waals surface area contributed by atoms with E-state index in [1.165, 1.54) is 0 Å². The van der Waals surface area contributed by atoms with Gasteiger partial charge in [0.1, 0.15) is 0 Å². The van der Waals surface area contributed by atoms with Gasteiger partial charge in [0, 0.05) is 43.6 Å². The number of benzene rings is 8. The third kappa shape index (κ3) is 4.51. The average Bonchev–Trinajstić information content (AvgIpc) is 3.18. The van der Waals surface area contributed by atoms with E-state index in [9.17, 15) is 0 Å². The van der Waals surface area contributed by atoms with Crippen LogP contribution in [0.25, 0.3) is 32.3 Å². The lowest BCUT2D eigenvalue weighted by molar-refractivity contribution is 1.30. The first kappa shape index (κ1) is 17.9. The van der Waals surface area contributed by atoms with E-state index in [4.69, 9.17) is 36.9 Å². The smallest absolute Gasteiger partial charge is 0.0645 e. The Bertz CT molecular complexity index is 2560. The third-order valence-corrected chi connectivity index (χ3v) is 8.19. The number of para-hydroxylation sites is 2. The van der Waals surface area contributed by atoms with Crippen molar-refractivity contribution in [3.05, 3.63) is 168 Å². The van der Waals surface area contributed by atoms with E-state index < -0.39 is 36.3 Å². The minimum atomic E-state index is -0.503. The number of halogens is 2. The lowest BCUT2D eigenvalue weighted by Crippen LogP contribution is -2.11. The number of rotatable bonds is 6. The van der Waals surface area contributed by atoms with Crippen LogP contribution in [-0.2, 0) is 0 Å². The van der Waals surface area contributed by atoms with E-state index >= 15 is 0 Å². The zero-order valence-electron chi connectivity index (χ0n) is 32.9. The molecule has 0 aromatic heterocycles. The van der Waals surface area contributed by atoms with Crippen LogP contribution < -0.4 is 9.80 Å². The van der Waals surface area contributed by atoms with Gasteiger partial charge in [-0.1, -0.05) is 95.9 Å². The van der Waals surface area contributed by atoms with Crippen molar-refractivity contribution >= 4 is 89.6 Å². The molecule has 0 bridgehead atoms. The van der Waals surface area contributed by atoms with Gasteiger partial charge in [-0.05, 0) is 106 Å². The van der Waals surface area contributed by atoms with Gasteiger partial charge in [0.2, 0.25) is 0 Å². The Morgan fingerprint density at radius 3 is 1.14 bits per heavy atom.